The highest BCUT2D eigenvalue weighted by Gasteiger charge is 2.32. The summed E-state index contributed by atoms with van der Waals surface area (Å²) in [5.41, 5.74) is 6.69. The average molecular weight is 360 g/mol. The lowest BCUT2D eigenvalue weighted by atomic mass is 9.87. The van der Waals surface area contributed by atoms with E-state index in [4.69, 9.17) is 4.74 Å². The number of hydrogen-bond acceptors (Lipinski definition) is 4. The van der Waals surface area contributed by atoms with E-state index in [9.17, 15) is 14.7 Å². The fraction of sp³-hybridized carbons (Fsp3) is 0.0476. The number of hydrazine groups is 1. The van der Waals surface area contributed by atoms with Crippen molar-refractivity contribution in [3.8, 4) is 17.2 Å². The number of para-hydroxylation sites is 2. The van der Waals surface area contributed by atoms with Crippen LogP contribution in [0.15, 0.2) is 72.8 Å². The van der Waals surface area contributed by atoms with E-state index in [1.807, 2.05) is 36.4 Å². The zero-order valence-corrected chi connectivity index (χ0v) is 14.2. The van der Waals surface area contributed by atoms with Gasteiger partial charge in [0.25, 0.3) is 11.8 Å². The van der Waals surface area contributed by atoms with Crippen LogP contribution in [0.25, 0.3) is 0 Å². The Balaban J connectivity index is 1.57. The summed E-state index contributed by atoms with van der Waals surface area (Å²) in [6.45, 7) is 0. The Kier molecular flexibility index (Phi) is 4.22. The number of rotatable bonds is 2. The van der Waals surface area contributed by atoms with E-state index in [1.54, 1.807) is 12.1 Å². The topological polar surface area (TPSA) is 87.7 Å². The molecule has 0 aliphatic carbocycles. The third-order valence-corrected chi connectivity index (χ3v) is 4.37. The molecule has 0 spiro atoms. The third-order valence-electron chi connectivity index (χ3n) is 4.37. The van der Waals surface area contributed by atoms with Crippen molar-refractivity contribution in [2.45, 2.75) is 5.92 Å². The van der Waals surface area contributed by atoms with Gasteiger partial charge in [0.1, 0.15) is 17.2 Å². The van der Waals surface area contributed by atoms with E-state index in [2.05, 4.69) is 10.9 Å². The maximum absolute atomic E-state index is 12.9. The molecule has 3 aromatic rings. The maximum atomic E-state index is 12.9. The number of phenolic OH excluding ortho intramolecular Hbond substituents is 1. The highest BCUT2D eigenvalue weighted by atomic mass is 16.5. The van der Waals surface area contributed by atoms with Crippen LogP contribution in [0.3, 0.4) is 0 Å². The van der Waals surface area contributed by atoms with Crippen LogP contribution in [0.4, 0.5) is 0 Å². The van der Waals surface area contributed by atoms with Gasteiger partial charge in [-0.15, -0.1) is 0 Å². The molecule has 0 radical (unpaired) electrons. The number of carbonyl (C=O) groups excluding carboxylic acids is 2. The van der Waals surface area contributed by atoms with Gasteiger partial charge < -0.3 is 9.84 Å². The number of ether oxygens (including phenoxy) is 1. The van der Waals surface area contributed by atoms with Gasteiger partial charge in [-0.1, -0.05) is 36.4 Å². The standard InChI is InChI=1S/C21H16N2O4/c24-14-11-9-13(10-12-14)20(25)22-23-21(26)19-15-5-1-3-7-17(15)27-18-8-4-2-6-16(18)19/h1-12,19,24H,(H,22,25)(H,23,26). The van der Waals surface area contributed by atoms with Crippen LogP contribution < -0.4 is 15.6 Å². The molecule has 2 amide bonds. The molecule has 0 atom stereocenters. The fourth-order valence-corrected chi connectivity index (χ4v) is 3.07. The molecule has 0 aromatic heterocycles. The number of nitrogens with one attached hydrogen (secondary N) is 2. The van der Waals surface area contributed by atoms with E-state index in [0.717, 1.165) is 11.1 Å². The van der Waals surface area contributed by atoms with Gasteiger partial charge in [-0.25, -0.2) is 0 Å². The molecular formula is C21H16N2O4. The summed E-state index contributed by atoms with van der Waals surface area (Å²) in [5.74, 6) is -0.165. The fourth-order valence-electron chi connectivity index (χ4n) is 3.07. The van der Waals surface area contributed by atoms with Crippen LogP contribution in [0.1, 0.15) is 27.4 Å². The molecule has 1 aliphatic rings. The summed E-state index contributed by atoms with van der Waals surface area (Å²) in [5, 5.41) is 9.30. The predicted octanol–water partition coefficient (Wildman–Crippen LogP) is 3.09. The zero-order valence-electron chi connectivity index (χ0n) is 14.2. The zero-order chi connectivity index (χ0) is 18.8. The first kappa shape index (κ1) is 16.7. The van der Waals surface area contributed by atoms with Crippen LogP contribution in [0.2, 0.25) is 0 Å². The van der Waals surface area contributed by atoms with Crippen LogP contribution in [0.5, 0.6) is 17.2 Å². The van der Waals surface area contributed by atoms with Gasteiger partial charge >= 0.3 is 0 Å². The smallest absolute Gasteiger partial charge is 0.269 e. The maximum Gasteiger partial charge on any atom is 0.269 e. The average Bonchev–Trinajstić information content (AvgIpc) is 2.70. The molecule has 3 aromatic carbocycles. The van der Waals surface area contributed by atoms with Crippen LogP contribution >= 0.6 is 0 Å². The summed E-state index contributed by atoms with van der Waals surface area (Å²) in [7, 11) is 0. The Morgan fingerprint density at radius 2 is 1.33 bits per heavy atom. The number of phenols is 1. The van der Waals surface area contributed by atoms with Crippen molar-refractivity contribution < 1.29 is 19.4 Å². The minimum absolute atomic E-state index is 0.0611. The van der Waals surface area contributed by atoms with Gasteiger partial charge in [0.15, 0.2) is 0 Å². The van der Waals surface area contributed by atoms with E-state index >= 15 is 0 Å². The lowest BCUT2D eigenvalue weighted by Gasteiger charge is -2.27. The third kappa shape index (κ3) is 3.20. The van der Waals surface area contributed by atoms with E-state index < -0.39 is 11.8 Å². The van der Waals surface area contributed by atoms with Gasteiger partial charge in [0, 0.05) is 16.7 Å². The van der Waals surface area contributed by atoms with Crippen molar-refractivity contribution in [2.24, 2.45) is 0 Å². The molecule has 3 N–H and O–H groups in total. The second kappa shape index (κ2) is 6.84. The van der Waals surface area contributed by atoms with Crippen molar-refractivity contribution in [2.75, 3.05) is 0 Å². The molecule has 6 heteroatoms. The lowest BCUT2D eigenvalue weighted by Crippen LogP contribution is -2.44. The van der Waals surface area contributed by atoms with Gasteiger partial charge in [-0.05, 0) is 36.4 Å². The van der Waals surface area contributed by atoms with Crippen molar-refractivity contribution in [1.82, 2.24) is 10.9 Å². The lowest BCUT2D eigenvalue weighted by molar-refractivity contribution is -0.122. The Labute approximate surface area is 155 Å². The monoisotopic (exact) mass is 360 g/mol. The molecule has 0 fully saturated rings. The largest absolute Gasteiger partial charge is 0.508 e. The number of benzene rings is 3. The molecule has 4 rings (SSSR count). The molecule has 1 heterocycles. The number of amides is 2. The summed E-state index contributed by atoms with van der Waals surface area (Å²) < 4.78 is 5.87. The van der Waals surface area contributed by atoms with Crippen LogP contribution in [-0.4, -0.2) is 16.9 Å². The van der Waals surface area contributed by atoms with Crippen LogP contribution in [-0.2, 0) is 4.79 Å². The molecule has 0 bridgehead atoms. The Bertz CT molecular complexity index is 969. The Hall–Kier alpha value is -3.80. The van der Waals surface area contributed by atoms with E-state index in [-0.39, 0.29) is 11.7 Å². The SMILES string of the molecule is O=C(NNC(=O)C1c2ccccc2Oc2ccccc21)c1ccc(O)cc1. The van der Waals surface area contributed by atoms with Gasteiger partial charge in [-0.3, -0.25) is 20.4 Å². The van der Waals surface area contributed by atoms with E-state index in [0.29, 0.717) is 17.1 Å². The second-order valence-electron chi connectivity index (χ2n) is 6.10. The van der Waals surface area contributed by atoms with Crippen LogP contribution in [0, 0.1) is 0 Å². The number of carbonyl (C=O) groups is 2. The van der Waals surface area contributed by atoms with Crippen molar-refractivity contribution in [1.29, 1.82) is 0 Å². The van der Waals surface area contributed by atoms with Gasteiger partial charge in [0.05, 0.1) is 5.92 Å². The predicted molar refractivity (Wildman–Crippen MR) is 98.5 cm³/mol. The molecular weight excluding hydrogens is 344 g/mol. The summed E-state index contributed by atoms with van der Waals surface area (Å²) >= 11 is 0. The number of aromatic hydroxyl groups is 1. The summed E-state index contributed by atoms with van der Waals surface area (Å²) in [4.78, 5) is 25.1. The minimum Gasteiger partial charge on any atom is -0.508 e. The first-order valence-corrected chi connectivity index (χ1v) is 8.38. The number of fused-ring (bicyclic) bond motifs is 2. The quantitative estimate of drug-likeness (QED) is 0.613. The Morgan fingerprint density at radius 1 is 0.778 bits per heavy atom. The molecule has 1 aliphatic heterocycles. The van der Waals surface area contributed by atoms with Gasteiger partial charge in [-0.2, -0.15) is 0 Å². The van der Waals surface area contributed by atoms with Crippen molar-refractivity contribution in [3.63, 3.8) is 0 Å². The van der Waals surface area contributed by atoms with E-state index in [1.165, 1.54) is 24.3 Å². The minimum atomic E-state index is -0.605. The van der Waals surface area contributed by atoms with Crippen molar-refractivity contribution >= 4 is 11.8 Å². The number of hydrogen-bond donors (Lipinski definition) is 3. The first-order valence-electron chi connectivity index (χ1n) is 8.38. The molecule has 134 valence electrons. The Morgan fingerprint density at radius 3 is 1.93 bits per heavy atom. The normalized spacial score (nSPS) is 12.3. The summed E-state index contributed by atoms with van der Waals surface area (Å²) in [6, 6.07) is 20.4. The molecule has 0 unspecified atom stereocenters. The van der Waals surface area contributed by atoms with Crippen molar-refractivity contribution in [3.05, 3.63) is 89.5 Å². The highest BCUT2D eigenvalue weighted by Crippen LogP contribution is 2.43. The first-order chi connectivity index (χ1) is 13.1. The second-order valence-corrected chi connectivity index (χ2v) is 6.10. The van der Waals surface area contributed by atoms with Gasteiger partial charge in [0.2, 0.25) is 0 Å². The molecule has 0 saturated heterocycles. The summed E-state index contributed by atoms with van der Waals surface area (Å²) in [6.07, 6.45) is 0. The molecule has 0 saturated carbocycles. The highest BCUT2D eigenvalue weighted by molar-refractivity contribution is 5.97. The molecule has 27 heavy (non-hydrogen) atoms. The molecule has 6 nitrogen and oxygen atoms in total.